The van der Waals surface area contributed by atoms with Crippen molar-refractivity contribution in [2.45, 2.75) is 104 Å². The molecule has 1 aromatic carbocycles. The van der Waals surface area contributed by atoms with Gasteiger partial charge in [0.1, 0.15) is 5.78 Å². The minimum absolute atomic E-state index is 0.112. The van der Waals surface area contributed by atoms with Gasteiger partial charge in [0.05, 0.1) is 11.3 Å². The Hall–Kier alpha value is -3.78. The van der Waals surface area contributed by atoms with Crippen LogP contribution in [0.5, 0.6) is 0 Å². The number of hydrogen-bond acceptors (Lipinski definition) is 9. The number of thioether (sulfide) groups is 1. The summed E-state index contributed by atoms with van der Waals surface area (Å²) < 4.78 is 0. The van der Waals surface area contributed by atoms with Gasteiger partial charge >= 0.3 is 6.03 Å². The second-order valence-corrected chi connectivity index (χ2v) is 15.5. The second kappa shape index (κ2) is 20.8. The Morgan fingerprint density at radius 1 is 1.00 bits per heavy atom. The fraction of sp³-hybridized carbons (Fsp3) is 0.639. The van der Waals surface area contributed by atoms with Crippen LogP contribution in [0, 0.1) is 17.3 Å². The van der Waals surface area contributed by atoms with Gasteiger partial charge in [-0.15, -0.1) is 11.8 Å². The first kappa shape index (κ1) is 42.4. The lowest BCUT2D eigenvalue weighted by molar-refractivity contribution is -0.138. The van der Waals surface area contributed by atoms with E-state index in [1.165, 1.54) is 16.7 Å². The molecule has 3 atom stereocenters. The summed E-state index contributed by atoms with van der Waals surface area (Å²) in [7, 11) is 0. The van der Waals surface area contributed by atoms with E-state index in [1.54, 1.807) is 12.1 Å². The molecule has 278 valence electrons. The summed E-state index contributed by atoms with van der Waals surface area (Å²) in [5.41, 5.74) is 11.8. The van der Waals surface area contributed by atoms with Crippen molar-refractivity contribution in [3.8, 4) is 0 Å². The van der Waals surface area contributed by atoms with E-state index in [0.717, 1.165) is 5.56 Å². The molecule has 1 unspecified atom stereocenters. The lowest BCUT2D eigenvalue weighted by Gasteiger charge is -2.24. The first-order valence-corrected chi connectivity index (χ1v) is 18.5. The number of amides is 6. The topological polar surface area (TPSA) is 211 Å². The number of imide groups is 1. The fourth-order valence-electron chi connectivity index (χ4n) is 5.54. The van der Waals surface area contributed by atoms with Crippen LogP contribution in [-0.2, 0) is 35.2 Å². The smallest absolute Gasteiger partial charge is 0.312 e. The Bertz CT molecular complexity index is 1350. The first-order chi connectivity index (χ1) is 23.5. The number of benzene rings is 1. The predicted molar refractivity (Wildman–Crippen MR) is 195 cm³/mol. The Morgan fingerprint density at radius 3 is 2.28 bits per heavy atom. The molecule has 0 radical (unpaired) electrons. The third kappa shape index (κ3) is 14.6. The Labute approximate surface area is 300 Å². The van der Waals surface area contributed by atoms with Crippen molar-refractivity contribution < 1.29 is 33.6 Å². The van der Waals surface area contributed by atoms with Crippen LogP contribution >= 0.6 is 11.8 Å². The van der Waals surface area contributed by atoms with Gasteiger partial charge in [0.15, 0.2) is 5.78 Å². The quantitative estimate of drug-likeness (QED) is 0.0879. The van der Waals surface area contributed by atoms with Crippen molar-refractivity contribution in [1.29, 1.82) is 0 Å². The zero-order valence-electron chi connectivity index (χ0n) is 30.2. The normalized spacial score (nSPS) is 15.9. The fourth-order valence-corrected chi connectivity index (χ4v) is 6.49. The number of Topliss-reactive ketones (excluding diaryl/α,β-unsaturated/α-hetero) is 2. The van der Waals surface area contributed by atoms with Crippen LogP contribution in [0.25, 0.3) is 0 Å². The highest BCUT2D eigenvalue weighted by molar-refractivity contribution is 8.00. The molecule has 13 nitrogen and oxygen atoms in total. The summed E-state index contributed by atoms with van der Waals surface area (Å²) in [5.74, 6) is -1.62. The van der Waals surface area contributed by atoms with E-state index < -0.39 is 28.7 Å². The van der Waals surface area contributed by atoms with Gasteiger partial charge in [-0.25, -0.2) is 4.79 Å². The van der Waals surface area contributed by atoms with Gasteiger partial charge in [-0.3, -0.25) is 33.7 Å². The number of rotatable bonds is 22. The van der Waals surface area contributed by atoms with Crippen molar-refractivity contribution in [3.63, 3.8) is 0 Å². The molecule has 7 N–H and O–H groups in total. The standard InChI is InChI=1S/C36H56N6O7S/c1-23(2)32(41-30(45)10-6-7-19-42-31(46)22-28(34(42)48)50-20-17-37)27(43)21-25(9-8-18-39-35(38)49)33(47)40-26-14-11-24(12-15-26)13-16-29(44)36(3,4)5/h11-12,14-15,23,25,28,32H,6-10,13,16-22,37H2,1-5H3,(H,40,47)(H,41,45)(H3,38,39,49)/t25-,28?,32+/m1/s1. The molecule has 2 rings (SSSR count). The average Bonchev–Trinajstić information content (AvgIpc) is 3.31. The number of nitrogens with zero attached hydrogens (tertiary/aromatic N) is 1. The molecule has 1 heterocycles. The molecule has 1 aliphatic rings. The lowest BCUT2D eigenvalue weighted by atomic mass is 9.87. The number of likely N-dealkylation sites (tertiary alicyclic amines) is 1. The monoisotopic (exact) mass is 716 g/mol. The van der Waals surface area contributed by atoms with Crippen molar-refractivity contribution in [2.24, 2.45) is 28.7 Å². The third-order valence-corrected chi connectivity index (χ3v) is 9.79. The maximum absolute atomic E-state index is 13.5. The molecule has 14 heteroatoms. The van der Waals surface area contributed by atoms with Gasteiger partial charge in [-0.1, -0.05) is 46.8 Å². The highest BCUT2D eigenvalue weighted by atomic mass is 32.2. The summed E-state index contributed by atoms with van der Waals surface area (Å²) in [6.07, 6.45) is 2.74. The average molecular weight is 717 g/mol. The molecule has 1 aromatic rings. The predicted octanol–water partition coefficient (Wildman–Crippen LogP) is 3.33. The Kier molecular flexibility index (Phi) is 17.6. The maximum Gasteiger partial charge on any atom is 0.312 e. The molecule has 0 spiro atoms. The third-order valence-electron chi connectivity index (χ3n) is 8.55. The van der Waals surface area contributed by atoms with Crippen molar-refractivity contribution in [1.82, 2.24) is 15.5 Å². The SMILES string of the molecule is CC(C)[C@H](NC(=O)CCCCN1C(=O)CC(SCCN)C1=O)C(=O)C[C@@H](CCCNC(N)=O)C(=O)Nc1ccc(CCC(=O)C(C)(C)C)cc1. The van der Waals surface area contributed by atoms with Crippen molar-refractivity contribution >= 4 is 58.7 Å². The van der Waals surface area contributed by atoms with Crippen LogP contribution < -0.4 is 27.4 Å². The summed E-state index contributed by atoms with van der Waals surface area (Å²) in [6, 6.07) is 5.72. The van der Waals surface area contributed by atoms with Crippen LogP contribution in [0.4, 0.5) is 10.5 Å². The highest BCUT2D eigenvalue weighted by Gasteiger charge is 2.38. The Morgan fingerprint density at radius 2 is 1.68 bits per heavy atom. The van der Waals surface area contributed by atoms with Gasteiger partial charge in [0.25, 0.3) is 0 Å². The number of nitrogens with one attached hydrogen (secondary N) is 3. The minimum atomic E-state index is -0.821. The van der Waals surface area contributed by atoms with Gasteiger partial charge in [0.2, 0.25) is 23.6 Å². The zero-order valence-corrected chi connectivity index (χ0v) is 31.0. The van der Waals surface area contributed by atoms with E-state index in [4.69, 9.17) is 11.5 Å². The molecule has 1 aliphatic heterocycles. The molecule has 1 saturated heterocycles. The van der Waals surface area contributed by atoms with Crippen LogP contribution in [0.3, 0.4) is 0 Å². The Balaban J connectivity index is 1.97. The molecule has 50 heavy (non-hydrogen) atoms. The summed E-state index contributed by atoms with van der Waals surface area (Å²) >= 11 is 1.38. The maximum atomic E-state index is 13.5. The number of aryl methyl sites for hydroxylation is 1. The van der Waals surface area contributed by atoms with Gasteiger partial charge in [-0.05, 0) is 55.7 Å². The van der Waals surface area contributed by atoms with E-state index >= 15 is 0 Å². The van der Waals surface area contributed by atoms with Gasteiger partial charge in [0, 0.05) is 68.1 Å². The largest absolute Gasteiger partial charge is 0.352 e. The molecule has 0 aliphatic carbocycles. The number of primary amides is 1. The van der Waals surface area contributed by atoms with E-state index in [0.29, 0.717) is 56.5 Å². The van der Waals surface area contributed by atoms with Crippen LogP contribution in [0.1, 0.15) is 91.5 Å². The first-order valence-electron chi connectivity index (χ1n) is 17.5. The van der Waals surface area contributed by atoms with E-state index in [-0.39, 0.29) is 73.5 Å². The highest BCUT2D eigenvalue weighted by Crippen LogP contribution is 2.25. The molecule has 1 fully saturated rings. The summed E-state index contributed by atoms with van der Waals surface area (Å²) in [4.78, 5) is 89.4. The number of ketones is 2. The lowest BCUT2D eigenvalue weighted by Crippen LogP contribution is -2.45. The molecular weight excluding hydrogens is 660 g/mol. The van der Waals surface area contributed by atoms with E-state index in [9.17, 15) is 33.6 Å². The number of nitrogens with two attached hydrogens (primary N) is 2. The number of carbonyl (C=O) groups excluding carboxylic acids is 7. The molecule has 0 saturated carbocycles. The second-order valence-electron chi connectivity index (χ2n) is 14.1. The van der Waals surface area contributed by atoms with Gasteiger partial charge in [-0.2, -0.15) is 0 Å². The zero-order chi connectivity index (χ0) is 37.4. The number of urea groups is 1. The van der Waals surface area contributed by atoms with Gasteiger partial charge < -0.3 is 27.4 Å². The van der Waals surface area contributed by atoms with Crippen molar-refractivity contribution in [2.75, 3.05) is 30.7 Å². The minimum Gasteiger partial charge on any atom is -0.352 e. The summed E-state index contributed by atoms with van der Waals surface area (Å²) in [5, 5.41) is 7.80. The van der Waals surface area contributed by atoms with Crippen LogP contribution in [0.2, 0.25) is 0 Å². The van der Waals surface area contributed by atoms with E-state index in [1.807, 2.05) is 46.8 Å². The van der Waals surface area contributed by atoms with Crippen molar-refractivity contribution in [3.05, 3.63) is 29.8 Å². The molecule has 6 amide bonds. The number of hydrogen-bond donors (Lipinski definition) is 5. The van der Waals surface area contributed by atoms with Crippen LogP contribution in [-0.4, -0.2) is 82.8 Å². The number of unbranched alkanes of at least 4 members (excludes halogenated alkanes) is 1. The molecular formula is C36H56N6O7S. The molecule has 0 aromatic heterocycles. The summed E-state index contributed by atoms with van der Waals surface area (Å²) in [6.45, 7) is 10.2. The number of anilines is 1. The van der Waals surface area contributed by atoms with Crippen LogP contribution in [0.15, 0.2) is 24.3 Å². The molecule has 0 bridgehead atoms. The van der Waals surface area contributed by atoms with E-state index in [2.05, 4.69) is 16.0 Å². The number of carbonyl (C=O) groups is 7.